The van der Waals surface area contributed by atoms with Crippen LogP contribution in [-0.2, 0) is 9.59 Å². The number of carbonyl (C=O) groups is 2. The highest BCUT2D eigenvalue weighted by Crippen LogP contribution is 2.17. The van der Waals surface area contributed by atoms with Crippen LogP contribution in [0.3, 0.4) is 0 Å². The molecule has 0 heterocycles. The van der Waals surface area contributed by atoms with Crippen LogP contribution < -0.4 is 14.9 Å². The van der Waals surface area contributed by atoms with Gasteiger partial charge in [0.25, 0.3) is 0 Å². The van der Waals surface area contributed by atoms with E-state index in [1.165, 1.54) is 153 Å². The van der Waals surface area contributed by atoms with E-state index in [9.17, 15) is 14.4 Å². The summed E-state index contributed by atoms with van der Waals surface area (Å²) in [5, 5.41) is 0. The quantitative estimate of drug-likeness (QED) is 0.0637. The first kappa shape index (κ1) is 39.9. The molecule has 0 saturated carbocycles. The number of carbonyl (C=O) groups excluding carboxylic acids is 2. The summed E-state index contributed by atoms with van der Waals surface area (Å²) >= 11 is 0. The van der Waals surface area contributed by atoms with E-state index in [1.54, 1.807) is 0 Å². The van der Waals surface area contributed by atoms with Crippen molar-refractivity contribution in [3.05, 3.63) is 34.5 Å². The second kappa shape index (κ2) is 29.5. The Labute approximate surface area is 270 Å². The number of unbranched alkanes of at least 4 members (excludes halogenated alkanes) is 24. The summed E-state index contributed by atoms with van der Waals surface area (Å²) in [4.78, 5) is 36.9. The summed E-state index contributed by atoms with van der Waals surface area (Å²) in [5.74, 6) is -0.423. The summed E-state index contributed by atoms with van der Waals surface area (Å²) in [6.45, 7) is 4.51. The average molecular weight is 615 g/mol. The van der Waals surface area contributed by atoms with E-state index in [2.05, 4.69) is 13.8 Å². The van der Waals surface area contributed by atoms with Gasteiger partial charge < -0.3 is 9.47 Å². The fraction of sp³-hybridized carbons (Fsp3) is 0.769. The van der Waals surface area contributed by atoms with Crippen LogP contribution in [0.1, 0.15) is 194 Å². The Hall–Kier alpha value is -2.17. The second-order valence-corrected chi connectivity index (χ2v) is 12.7. The largest absolute Gasteiger partial charge is 0.427 e. The second-order valence-electron chi connectivity index (χ2n) is 12.7. The van der Waals surface area contributed by atoms with Crippen LogP contribution in [0, 0.1) is 0 Å². The Morgan fingerprint density at radius 1 is 0.432 bits per heavy atom. The molecule has 1 aromatic rings. The Balaban J connectivity index is 2.10. The topological polar surface area (TPSA) is 69.7 Å². The lowest BCUT2D eigenvalue weighted by Crippen LogP contribution is -2.12. The minimum Gasteiger partial charge on any atom is -0.427 e. The summed E-state index contributed by atoms with van der Waals surface area (Å²) in [5.41, 5.74) is -0.401. The molecule has 0 unspecified atom stereocenters. The third kappa shape index (κ3) is 24.2. The van der Waals surface area contributed by atoms with Gasteiger partial charge in [-0.3, -0.25) is 14.4 Å². The molecule has 0 bridgehead atoms. The molecule has 0 saturated heterocycles. The third-order valence-electron chi connectivity index (χ3n) is 8.47. The van der Waals surface area contributed by atoms with Crippen LogP contribution >= 0.6 is 0 Å². The van der Waals surface area contributed by atoms with E-state index in [0.29, 0.717) is 18.6 Å². The molecule has 0 aliphatic heterocycles. The smallest absolute Gasteiger partial charge is 0.311 e. The Morgan fingerprint density at radius 2 is 0.750 bits per heavy atom. The monoisotopic (exact) mass is 614 g/mol. The van der Waals surface area contributed by atoms with Crippen molar-refractivity contribution in [3.63, 3.8) is 0 Å². The molecule has 1 rings (SSSR count). The van der Waals surface area contributed by atoms with Gasteiger partial charge in [0.1, 0.15) is 5.75 Å². The zero-order valence-corrected chi connectivity index (χ0v) is 28.6. The standard InChI is InChI=1S/C39H66O5/c1-3-5-7-9-11-13-15-16-17-18-20-22-23-25-27-29-38(41)43-35-31-33-36(40)37(34-32-35)44-39(42)30-28-26-24-21-19-14-12-10-8-6-4-2/h31-34H,3-30H2,1-2H3. The highest BCUT2D eigenvalue weighted by atomic mass is 16.5. The number of ether oxygens (including phenoxy) is 2. The number of rotatable bonds is 30. The van der Waals surface area contributed by atoms with Crippen molar-refractivity contribution in [1.82, 2.24) is 0 Å². The first-order valence-electron chi connectivity index (χ1n) is 18.6. The molecule has 0 aromatic heterocycles. The van der Waals surface area contributed by atoms with Gasteiger partial charge in [0.05, 0.1) is 0 Å². The van der Waals surface area contributed by atoms with E-state index < -0.39 is 11.4 Å². The maximum atomic E-state index is 12.4. The van der Waals surface area contributed by atoms with E-state index >= 15 is 0 Å². The van der Waals surface area contributed by atoms with Crippen LogP contribution in [0.4, 0.5) is 0 Å². The van der Waals surface area contributed by atoms with Crippen molar-refractivity contribution in [2.45, 2.75) is 194 Å². The first-order valence-corrected chi connectivity index (χ1v) is 18.6. The van der Waals surface area contributed by atoms with Crippen LogP contribution in [-0.4, -0.2) is 11.9 Å². The fourth-order valence-electron chi connectivity index (χ4n) is 5.62. The van der Waals surface area contributed by atoms with Crippen LogP contribution in [0.5, 0.6) is 11.5 Å². The lowest BCUT2D eigenvalue weighted by atomic mass is 10.0. The van der Waals surface area contributed by atoms with Gasteiger partial charge in [-0.05, 0) is 37.1 Å². The van der Waals surface area contributed by atoms with Gasteiger partial charge in [0, 0.05) is 12.8 Å². The van der Waals surface area contributed by atoms with Gasteiger partial charge in [0.2, 0.25) is 5.43 Å². The lowest BCUT2D eigenvalue weighted by molar-refractivity contribution is -0.135. The number of hydrogen-bond donors (Lipinski definition) is 0. The fourth-order valence-corrected chi connectivity index (χ4v) is 5.62. The predicted octanol–water partition coefficient (Wildman–Crippen LogP) is 11.8. The predicted molar refractivity (Wildman–Crippen MR) is 185 cm³/mol. The van der Waals surface area contributed by atoms with Gasteiger partial charge in [-0.25, -0.2) is 0 Å². The van der Waals surface area contributed by atoms with Crippen molar-refractivity contribution in [2.24, 2.45) is 0 Å². The van der Waals surface area contributed by atoms with Gasteiger partial charge in [-0.15, -0.1) is 0 Å². The Morgan fingerprint density at radius 3 is 1.14 bits per heavy atom. The normalized spacial score (nSPS) is 11.0. The summed E-state index contributed by atoms with van der Waals surface area (Å²) < 4.78 is 10.8. The SMILES string of the molecule is CCCCCCCCCCCCCCCCCC(=O)Oc1ccc(OC(=O)CCCCCCCCCCCCC)c(=O)cc1. The summed E-state index contributed by atoms with van der Waals surface area (Å²) in [7, 11) is 0. The maximum Gasteiger partial charge on any atom is 0.311 e. The molecular weight excluding hydrogens is 548 g/mol. The first-order chi connectivity index (χ1) is 21.6. The molecule has 0 N–H and O–H groups in total. The van der Waals surface area contributed by atoms with Crippen molar-refractivity contribution in [1.29, 1.82) is 0 Å². The summed E-state index contributed by atoms with van der Waals surface area (Å²) in [6.07, 6.45) is 33.3. The lowest BCUT2D eigenvalue weighted by Gasteiger charge is -2.04. The van der Waals surface area contributed by atoms with E-state index in [-0.39, 0.29) is 11.7 Å². The molecule has 44 heavy (non-hydrogen) atoms. The van der Waals surface area contributed by atoms with Crippen molar-refractivity contribution < 1.29 is 19.1 Å². The van der Waals surface area contributed by atoms with Gasteiger partial charge >= 0.3 is 11.9 Å². The van der Waals surface area contributed by atoms with E-state index in [0.717, 1.165) is 38.5 Å². The van der Waals surface area contributed by atoms with Crippen molar-refractivity contribution in [3.8, 4) is 11.5 Å². The number of hydrogen-bond acceptors (Lipinski definition) is 5. The average Bonchev–Trinajstić information content (AvgIpc) is 3.18. The van der Waals surface area contributed by atoms with Gasteiger partial charge in [0.15, 0.2) is 5.75 Å². The highest BCUT2D eigenvalue weighted by molar-refractivity contribution is 5.73. The van der Waals surface area contributed by atoms with E-state index in [1.807, 2.05) is 0 Å². The molecule has 0 spiro atoms. The molecule has 0 aliphatic rings. The zero-order valence-electron chi connectivity index (χ0n) is 28.6. The zero-order chi connectivity index (χ0) is 31.9. The molecule has 0 aliphatic carbocycles. The highest BCUT2D eigenvalue weighted by Gasteiger charge is 2.09. The molecule has 1 aromatic carbocycles. The van der Waals surface area contributed by atoms with Crippen LogP contribution in [0.25, 0.3) is 0 Å². The van der Waals surface area contributed by atoms with Gasteiger partial charge in [-0.1, -0.05) is 168 Å². The van der Waals surface area contributed by atoms with E-state index in [4.69, 9.17) is 9.47 Å². The summed E-state index contributed by atoms with van der Waals surface area (Å²) in [6, 6.07) is 5.71. The molecule has 5 heteroatoms. The molecule has 0 amide bonds. The van der Waals surface area contributed by atoms with Crippen molar-refractivity contribution >= 4 is 11.9 Å². The van der Waals surface area contributed by atoms with Crippen molar-refractivity contribution in [2.75, 3.05) is 0 Å². The molecule has 5 nitrogen and oxygen atoms in total. The minimum atomic E-state index is -0.401. The molecular formula is C39H66O5. The molecule has 0 radical (unpaired) electrons. The molecule has 0 fully saturated rings. The van der Waals surface area contributed by atoms with Crippen LogP contribution in [0.2, 0.25) is 0 Å². The number of esters is 2. The Bertz CT molecular complexity index is 896. The third-order valence-corrected chi connectivity index (χ3v) is 8.47. The minimum absolute atomic E-state index is 0.0252. The Kier molecular flexibility index (Phi) is 26.8. The van der Waals surface area contributed by atoms with Crippen LogP contribution in [0.15, 0.2) is 29.1 Å². The maximum absolute atomic E-state index is 12.4. The molecule has 0 atom stereocenters. The molecule has 252 valence electrons. The van der Waals surface area contributed by atoms with Gasteiger partial charge in [-0.2, -0.15) is 0 Å².